The van der Waals surface area contributed by atoms with E-state index < -0.39 is 30.3 Å². The number of aromatic hydroxyl groups is 1. The quantitative estimate of drug-likeness (QED) is 0.689. The topological polar surface area (TPSA) is 84.8 Å². The molecule has 4 saturated heterocycles. The molecule has 1 aromatic rings. The number of benzene rings is 1. The van der Waals surface area contributed by atoms with Gasteiger partial charge in [0.25, 0.3) is 0 Å². The van der Waals surface area contributed by atoms with Gasteiger partial charge < -0.3 is 28.8 Å². The lowest BCUT2D eigenvalue weighted by Gasteiger charge is -2.60. The largest absolute Gasteiger partial charge is 0.504 e. The first-order chi connectivity index (χ1) is 15.4. The summed E-state index contributed by atoms with van der Waals surface area (Å²) in [5.41, 5.74) is -0.580. The van der Waals surface area contributed by atoms with Crippen LogP contribution in [-0.2, 0) is 24.0 Å². The van der Waals surface area contributed by atoms with Gasteiger partial charge in [-0.25, -0.2) is 9.78 Å². The summed E-state index contributed by atoms with van der Waals surface area (Å²) in [4.78, 5) is 12.0. The van der Waals surface area contributed by atoms with Crippen molar-refractivity contribution in [2.45, 2.75) is 83.1 Å². The van der Waals surface area contributed by atoms with Crippen molar-refractivity contribution in [3.05, 3.63) is 18.2 Å². The summed E-state index contributed by atoms with van der Waals surface area (Å²) in [5, 5.41) is 9.93. The minimum Gasteiger partial charge on any atom is -0.504 e. The molecule has 6 aliphatic rings. The van der Waals surface area contributed by atoms with Gasteiger partial charge in [-0.2, -0.15) is 0 Å². The standard InChI is InChI=1S/C24H32O8/c1-13-7-8-16-14(2)21(26-12-10-19-27-18-6-4-5-17(25)20(18)28-19)29-22-24(16)15(13)9-11-23(3,30-22)31-32-24/h4-6,13-16,19,21-22,25H,7-12H2,1-3H3/t13-,14-,15+,16+,19?,21+,22-,23-,24-/m1/s1. The van der Waals surface area contributed by atoms with Crippen LogP contribution in [0.1, 0.15) is 52.9 Å². The zero-order valence-electron chi connectivity index (χ0n) is 18.8. The van der Waals surface area contributed by atoms with Gasteiger partial charge in [-0.3, -0.25) is 0 Å². The fraction of sp³-hybridized carbons (Fsp3) is 0.750. The molecule has 0 radical (unpaired) electrons. The average Bonchev–Trinajstić information content (AvgIpc) is 3.06. The number of phenols is 1. The van der Waals surface area contributed by atoms with Gasteiger partial charge in [0, 0.05) is 24.7 Å². The minimum atomic E-state index is -0.790. The van der Waals surface area contributed by atoms with Crippen LogP contribution >= 0.6 is 0 Å². The molecule has 1 spiro atoms. The van der Waals surface area contributed by atoms with E-state index in [1.807, 2.05) is 6.92 Å². The van der Waals surface area contributed by atoms with E-state index in [1.54, 1.807) is 18.2 Å². The van der Waals surface area contributed by atoms with Crippen molar-refractivity contribution in [2.24, 2.45) is 23.7 Å². The van der Waals surface area contributed by atoms with Crippen molar-refractivity contribution < 1.29 is 38.6 Å². The van der Waals surface area contributed by atoms with Crippen molar-refractivity contribution in [3.8, 4) is 17.2 Å². The van der Waals surface area contributed by atoms with E-state index in [-0.39, 0.29) is 17.6 Å². The average molecular weight is 449 g/mol. The summed E-state index contributed by atoms with van der Waals surface area (Å²) >= 11 is 0. The SMILES string of the molecule is C[C@H]1[C@@H](OCCC2Oc3cccc(O)c3O2)O[C@@H]2O[C@@]3(C)CC[C@H]4[C@H](C)CC[C@@H]1[C@@]24OO3. The Morgan fingerprint density at radius 2 is 1.97 bits per heavy atom. The Balaban J connectivity index is 1.15. The Morgan fingerprint density at radius 3 is 2.81 bits per heavy atom. The van der Waals surface area contributed by atoms with Gasteiger partial charge in [0.05, 0.1) is 6.61 Å². The van der Waals surface area contributed by atoms with E-state index in [4.69, 9.17) is 33.5 Å². The van der Waals surface area contributed by atoms with Gasteiger partial charge in [0.1, 0.15) is 0 Å². The first kappa shape index (κ1) is 21.0. The molecule has 2 bridgehead atoms. The molecule has 1 N–H and O–H groups in total. The smallest absolute Gasteiger partial charge is 0.243 e. The second kappa shape index (κ2) is 7.46. The van der Waals surface area contributed by atoms with Crippen LogP contribution in [0.3, 0.4) is 0 Å². The summed E-state index contributed by atoms with van der Waals surface area (Å²) < 4.78 is 30.5. The highest BCUT2D eigenvalue weighted by molar-refractivity contribution is 5.51. The minimum absolute atomic E-state index is 0.0813. The van der Waals surface area contributed by atoms with Gasteiger partial charge in [-0.1, -0.05) is 19.9 Å². The van der Waals surface area contributed by atoms with E-state index in [0.717, 1.165) is 25.7 Å². The van der Waals surface area contributed by atoms with E-state index in [0.29, 0.717) is 36.4 Å². The van der Waals surface area contributed by atoms with Crippen LogP contribution in [0.15, 0.2) is 18.2 Å². The molecule has 32 heavy (non-hydrogen) atoms. The van der Waals surface area contributed by atoms with Crippen LogP contribution in [0.4, 0.5) is 0 Å². The van der Waals surface area contributed by atoms with Crippen LogP contribution in [0, 0.1) is 23.7 Å². The maximum atomic E-state index is 9.93. The predicted molar refractivity (Wildman–Crippen MR) is 111 cm³/mol. The molecule has 8 nitrogen and oxygen atoms in total. The second-order valence-corrected chi connectivity index (χ2v) is 10.2. The molecule has 1 aromatic carbocycles. The summed E-state index contributed by atoms with van der Waals surface area (Å²) in [6, 6.07) is 5.09. The summed E-state index contributed by atoms with van der Waals surface area (Å²) in [6.45, 7) is 6.80. The number of hydrogen-bond donors (Lipinski definition) is 1. The number of para-hydroxylation sites is 1. The number of ether oxygens (including phenoxy) is 5. The van der Waals surface area contributed by atoms with Crippen molar-refractivity contribution >= 4 is 0 Å². The highest BCUT2D eigenvalue weighted by Gasteiger charge is 2.69. The number of rotatable bonds is 4. The van der Waals surface area contributed by atoms with Gasteiger partial charge >= 0.3 is 0 Å². The van der Waals surface area contributed by atoms with Crippen LogP contribution < -0.4 is 9.47 Å². The maximum Gasteiger partial charge on any atom is 0.243 e. The normalized spacial score (nSPS) is 46.5. The van der Waals surface area contributed by atoms with Crippen LogP contribution in [0.5, 0.6) is 17.2 Å². The summed E-state index contributed by atoms with van der Waals surface area (Å²) in [6.07, 6.45) is 3.09. The highest BCUT2D eigenvalue weighted by Crippen LogP contribution is 2.60. The monoisotopic (exact) mass is 448 g/mol. The third-order valence-corrected chi connectivity index (χ3v) is 8.20. The fourth-order valence-electron chi connectivity index (χ4n) is 6.47. The molecule has 5 fully saturated rings. The predicted octanol–water partition coefficient (Wildman–Crippen LogP) is 4.10. The fourth-order valence-corrected chi connectivity index (χ4v) is 6.47. The Kier molecular flexibility index (Phi) is 4.90. The molecule has 1 saturated carbocycles. The molecule has 5 aliphatic heterocycles. The van der Waals surface area contributed by atoms with E-state index in [1.165, 1.54) is 0 Å². The van der Waals surface area contributed by atoms with Crippen LogP contribution in [0.2, 0.25) is 0 Å². The summed E-state index contributed by atoms with van der Waals surface area (Å²) in [5.74, 6) is 1.46. The molecule has 9 atom stereocenters. The molecule has 7 rings (SSSR count). The molecular weight excluding hydrogens is 416 g/mol. The Morgan fingerprint density at radius 1 is 1.09 bits per heavy atom. The zero-order valence-corrected chi connectivity index (χ0v) is 18.8. The van der Waals surface area contributed by atoms with E-state index >= 15 is 0 Å². The zero-order chi connectivity index (χ0) is 22.1. The maximum absolute atomic E-state index is 9.93. The van der Waals surface area contributed by atoms with Crippen molar-refractivity contribution in [1.82, 2.24) is 0 Å². The second-order valence-electron chi connectivity index (χ2n) is 10.2. The molecule has 176 valence electrons. The van der Waals surface area contributed by atoms with Crippen LogP contribution in [-0.4, -0.2) is 42.0 Å². The number of phenolic OH excluding ortho intramolecular Hbond substituents is 1. The van der Waals surface area contributed by atoms with E-state index in [2.05, 4.69) is 13.8 Å². The van der Waals surface area contributed by atoms with Gasteiger partial charge in [-0.15, -0.1) is 0 Å². The number of hydrogen-bond acceptors (Lipinski definition) is 8. The number of fused-ring (bicyclic) bond motifs is 3. The van der Waals surface area contributed by atoms with E-state index in [9.17, 15) is 5.11 Å². The lowest BCUT2D eigenvalue weighted by Crippen LogP contribution is -2.70. The highest BCUT2D eigenvalue weighted by atomic mass is 17.3. The molecule has 1 aliphatic carbocycles. The Bertz CT molecular complexity index is 878. The molecule has 5 heterocycles. The van der Waals surface area contributed by atoms with Gasteiger partial charge in [0.2, 0.25) is 17.8 Å². The van der Waals surface area contributed by atoms with Gasteiger partial charge in [0.15, 0.2) is 29.7 Å². The molecule has 0 amide bonds. The Hall–Kier alpha value is -1.58. The first-order valence-corrected chi connectivity index (χ1v) is 11.9. The van der Waals surface area contributed by atoms with Gasteiger partial charge in [-0.05, 0) is 50.2 Å². The van der Waals surface area contributed by atoms with Crippen molar-refractivity contribution in [3.63, 3.8) is 0 Å². The van der Waals surface area contributed by atoms with Crippen molar-refractivity contribution in [2.75, 3.05) is 6.61 Å². The first-order valence-electron chi connectivity index (χ1n) is 11.9. The molecular formula is C24H32O8. The third kappa shape index (κ3) is 3.07. The molecule has 1 unspecified atom stereocenters. The lowest BCUT2D eigenvalue weighted by molar-refractivity contribution is -0.577. The third-order valence-electron chi connectivity index (χ3n) is 8.20. The van der Waals surface area contributed by atoms with Crippen molar-refractivity contribution in [1.29, 1.82) is 0 Å². The van der Waals surface area contributed by atoms with Crippen LogP contribution in [0.25, 0.3) is 0 Å². The summed E-state index contributed by atoms with van der Waals surface area (Å²) in [7, 11) is 0. The Labute approximate surface area is 187 Å². The lowest BCUT2D eigenvalue weighted by atomic mass is 9.58. The molecule has 8 heteroatoms. The molecule has 0 aromatic heterocycles.